The molecule has 3 fully saturated rings. The first-order valence-electron chi connectivity index (χ1n) is 10.5. The zero-order valence-corrected chi connectivity index (χ0v) is 17.0. The topological polar surface area (TPSA) is 145 Å². The molecule has 1 aromatic rings. The van der Waals surface area contributed by atoms with Crippen molar-refractivity contribution >= 4 is 23.2 Å². The van der Waals surface area contributed by atoms with Crippen LogP contribution in [0.2, 0.25) is 0 Å². The molecule has 3 atom stereocenters. The Morgan fingerprint density at radius 1 is 1.39 bits per heavy atom. The van der Waals surface area contributed by atoms with Crippen LogP contribution in [0.3, 0.4) is 0 Å². The van der Waals surface area contributed by atoms with Crippen LogP contribution >= 0.6 is 0 Å². The van der Waals surface area contributed by atoms with Crippen molar-refractivity contribution in [2.45, 2.75) is 37.4 Å². The van der Waals surface area contributed by atoms with Gasteiger partial charge in [-0.2, -0.15) is 0 Å². The maximum Gasteiger partial charge on any atom is 0.242 e. The molecule has 0 aromatic carbocycles. The number of carbonyl (C=O) groups is 2. The second-order valence-electron chi connectivity index (χ2n) is 8.16. The first-order valence-corrected chi connectivity index (χ1v) is 10.5. The summed E-state index contributed by atoms with van der Waals surface area (Å²) in [5, 5.41) is 11.3. The predicted octanol–water partition coefficient (Wildman–Crippen LogP) is -0.644. The number of rotatable bonds is 6. The molecule has 168 valence electrons. The van der Waals surface area contributed by atoms with Gasteiger partial charge in [-0.3, -0.25) is 25.2 Å². The Bertz CT molecular complexity index is 834. The molecule has 1 aromatic heterocycles. The smallest absolute Gasteiger partial charge is 0.242 e. The van der Waals surface area contributed by atoms with E-state index in [1.54, 1.807) is 12.3 Å². The summed E-state index contributed by atoms with van der Waals surface area (Å²) in [5.41, 5.74) is 6.89. The van der Waals surface area contributed by atoms with Crippen molar-refractivity contribution in [1.29, 1.82) is 0 Å². The van der Waals surface area contributed by atoms with E-state index in [0.717, 1.165) is 19.4 Å². The lowest BCUT2D eigenvalue weighted by atomic mass is 9.99. The van der Waals surface area contributed by atoms with E-state index in [2.05, 4.69) is 26.1 Å². The van der Waals surface area contributed by atoms with Crippen molar-refractivity contribution in [3.8, 4) is 0 Å². The van der Waals surface area contributed by atoms with Crippen molar-refractivity contribution in [2.75, 3.05) is 42.9 Å². The van der Waals surface area contributed by atoms with Crippen molar-refractivity contribution < 1.29 is 14.0 Å². The summed E-state index contributed by atoms with van der Waals surface area (Å²) in [6.45, 7) is 1.75. The number of nitrogens with two attached hydrogens (primary N) is 1. The van der Waals surface area contributed by atoms with Crippen LogP contribution in [0, 0.1) is 10.8 Å². The minimum absolute atomic E-state index is 0.0406. The number of halogens is 1. The van der Waals surface area contributed by atoms with E-state index in [9.17, 15) is 18.9 Å². The zero-order chi connectivity index (χ0) is 22.0. The molecule has 3 aliphatic heterocycles. The third-order valence-electron chi connectivity index (χ3n) is 6.12. The van der Waals surface area contributed by atoms with Gasteiger partial charge in [0.25, 0.3) is 0 Å². The molecule has 2 amide bonds. The second kappa shape index (κ2) is 9.20. The van der Waals surface area contributed by atoms with Crippen LogP contribution in [0.25, 0.3) is 0 Å². The summed E-state index contributed by atoms with van der Waals surface area (Å²) in [4.78, 5) is 44.7. The summed E-state index contributed by atoms with van der Waals surface area (Å²) in [7, 11) is 0. The Balaban J connectivity index is 1.52. The number of anilines is 2. The van der Waals surface area contributed by atoms with Crippen LogP contribution in [0.4, 0.5) is 15.8 Å². The molecular weight excluding hydrogens is 407 g/mol. The third-order valence-corrected chi connectivity index (χ3v) is 6.12. The number of fused-ring (bicyclic) bond motifs is 1. The van der Waals surface area contributed by atoms with Crippen molar-refractivity contribution in [1.82, 2.24) is 20.5 Å². The van der Waals surface area contributed by atoms with E-state index in [1.165, 1.54) is 6.20 Å². The minimum Gasteiger partial charge on any atom is -0.358 e. The normalized spacial score (nSPS) is 28.1. The molecule has 4 heterocycles. The van der Waals surface area contributed by atoms with E-state index in [4.69, 9.17) is 5.73 Å². The predicted molar refractivity (Wildman–Crippen MR) is 112 cm³/mol. The number of nitrogens with one attached hydrogen (secondary N) is 3. The van der Waals surface area contributed by atoms with Crippen LogP contribution < -0.4 is 26.6 Å². The van der Waals surface area contributed by atoms with Crippen LogP contribution in [-0.2, 0) is 9.59 Å². The van der Waals surface area contributed by atoms with Crippen molar-refractivity contribution in [3.63, 3.8) is 0 Å². The van der Waals surface area contributed by atoms with Gasteiger partial charge in [0, 0.05) is 38.4 Å². The maximum absolute atomic E-state index is 13.4. The molecule has 0 spiro atoms. The molecular formula is C19H27FN8O3. The number of pyridine rings is 1. The summed E-state index contributed by atoms with van der Waals surface area (Å²) in [6.07, 6.45) is 1.90. The first-order chi connectivity index (χ1) is 15.0. The average Bonchev–Trinajstić information content (AvgIpc) is 3.25. The van der Waals surface area contributed by atoms with Gasteiger partial charge in [0.2, 0.25) is 11.8 Å². The molecule has 0 bridgehead atoms. The molecule has 3 aliphatic rings. The van der Waals surface area contributed by atoms with E-state index < -0.39 is 30.3 Å². The monoisotopic (exact) mass is 434 g/mol. The highest BCUT2D eigenvalue weighted by Gasteiger charge is 2.39. The van der Waals surface area contributed by atoms with Gasteiger partial charge in [-0.1, -0.05) is 5.18 Å². The Hall–Kier alpha value is -2.70. The molecule has 0 aliphatic carbocycles. The molecule has 12 heteroatoms. The van der Waals surface area contributed by atoms with E-state index in [1.807, 2.05) is 9.80 Å². The third kappa shape index (κ3) is 4.50. The van der Waals surface area contributed by atoms with Gasteiger partial charge in [0.1, 0.15) is 12.1 Å². The van der Waals surface area contributed by atoms with Crippen LogP contribution in [0.15, 0.2) is 23.6 Å². The van der Waals surface area contributed by atoms with Gasteiger partial charge in [0.15, 0.2) is 6.17 Å². The summed E-state index contributed by atoms with van der Waals surface area (Å²) in [5.74, 6) is -1.55. The van der Waals surface area contributed by atoms with Gasteiger partial charge in [-0.25, -0.2) is 4.39 Å². The number of alkyl halides is 1. The van der Waals surface area contributed by atoms with Crippen LogP contribution in [0.1, 0.15) is 12.8 Å². The van der Waals surface area contributed by atoms with Gasteiger partial charge in [-0.15, -0.1) is 4.91 Å². The highest BCUT2D eigenvalue weighted by molar-refractivity contribution is 5.97. The number of nitroso groups, excluding NO2 is 1. The highest BCUT2D eigenvalue weighted by atomic mass is 19.1. The Kier molecular flexibility index (Phi) is 6.39. The lowest BCUT2D eigenvalue weighted by Gasteiger charge is -2.39. The summed E-state index contributed by atoms with van der Waals surface area (Å²) in [6, 6.07) is 1.90. The van der Waals surface area contributed by atoms with E-state index in [0.29, 0.717) is 17.9 Å². The summed E-state index contributed by atoms with van der Waals surface area (Å²) >= 11 is 0. The first kappa shape index (κ1) is 21.5. The average molecular weight is 434 g/mol. The number of carbonyl (C=O) groups excluding carboxylic acids is 2. The van der Waals surface area contributed by atoms with Gasteiger partial charge in [0.05, 0.1) is 30.3 Å². The fourth-order valence-corrected chi connectivity index (χ4v) is 4.56. The quantitative estimate of drug-likeness (QED) is 0.433. The lowest BCUT2D eigenvalue weighted by Crippen LogP contribution is -2.62. The minimum atomic E-state index is -1.33. The molecule has 3 unspecified atom stereocenters. The van der Waals surface area contributed by atoms with E-state index in [-0.39, 0.29) is 31.6 Å². The van der Waals surface area contributed by atoms with Crippen molar-refractivity contribution in [3.05, 3.63) is 23.4 Å². The van der Waals surface area contributed by atoms with Crippen molar-refractivity contribution in [2.24, 2.45) is 16.8 Å². The van der Waals surface area contributed by atoms with Gasteiger partial charge in [-0.05, 0) is 18.9 Å². The number of hydrogen-bond acceptors (Lipinski definition) is 9. The molecule has 31 heavy (non-hydrogen) atoms. The largest absolute Gasteiger partial charge is 0.358 e. The maximum atomic E-state index is 13.4. The fourth-order valence-electron chi connectivity index (χ4n) is 4.56. The molecule has 0 saturated carbocycles. The highest BCUT2D eigenvalue weighted by Crippen LogP contribution is 2.31. The van der Waals surface area contributed by atoms with E-state index >= 15 is 0 Å². The molecule has 4 rings (SSSR count). The molecule has 3 saturated heterocycles. The van der Waals surface area contributed by atoms with Gasteiger partial charge < -0.3 is 20.9 Å². The number of nitrogens with zero attached hydrogens (tertiary/aromatic N) is 4. The Morgan fingerprint density at radius 3 is 2.90 bits per heavy atom. The SMILES string of the molecule is NC(N=O)C(C(=O)Nc1cnccc1N1CC(=O)N2CCCC2C1)C1NCC(F)CN1. The van der Waals surface area contributed by atoms with Gasteiger partial charge >= 0.3 is 0 Å². The second-order valence-corrected chi connectivity index (χ2v) is 8.16. The number of hydrogen-bond donors (Lipinski definition) is 4. The molecule has 11 nitrogen and oxygen atoms in total. The number of piperazine rings is 1. The standard InChI is InChI=1S/C19H27FN8O3/c20-11-6-23-18(24-7-11)16(17(21)26-31)19(30)25-13-8-22-4-3-14(13)27-9-12-2-1-5-28(12)15(29)10-27/h3-4,8,11-12,16-18,23-24H,1-2,5-7,9-10,21H2,(H,25,30). The number of amides is 2. The zero-order valence-electron chi connectivity index (χ0n) is 17.0. The Labute approximate surface area is 178 Å². The lowest BCUT2D eigenvalue weighted by molar-refractivity contribution is -0.132. The number of aromatic nitrogens is 1. The molecule has 0 radical (unpaired) electrons. The van der Waals surface area contributed by atoms with Crippen LogP contribution in [0.5, 0.6) is 0 Å². The summed E-state index contributed by atoms with van der Waals surface area (Å²) < 4.78 is 13.4. The van der Waals surface area contributed by atoms with Crippen LogP contribution in [-0.4, -0.2) is 79.0 Å². The Morgan fingerprint density at radius 2 is 2.16 bits per heavy atom. The molecule has 5 N–H and O–H groups in total. The fraction of sp³-hybridized carbons (Fsp3) is 0.632.